The Morgan fingerprint density at radius 1 is 1.47 bits per heavy atom. The van der Waals surface area contributed by atoms with Crippen molar-refractivity contribution >= 4 is 33.2 Å². The van der Waals surface area contributed by atoms with E-state index >= 15 is 0 Å². The molecule has 0 amide bonds. The lowest BCUT2D eigenvalue weighted by atomic mass is 10.0. The minimum atomic E-state index is -1.24. The molecule has 0 heterocycles. The van der Waals surface area contributed by atoms with Crippen LogP contribution in [0.1, 0.15) is 11.7 Å². The van der Waals surface area contributed by atoms with Gasteiger partial charge >= 0.3 is 0 Å². The number of alkyl halides is 1. The van der Waals surface area contributed by atoms with E-state index in [2.05, 4.69) is 15.9 Å². The second-order valence-electron chi connectivity index (χ2n) is 3.04. The number of hydrogen-bond donors (Lipinski definition) is 3. The molecule has 0 bridgehead atoms. The van der Waals surface area contributed by atoms with E-state index in [1.54, 1.807) is 0 Å². The standard InChI is InChI=1S/C9H10BrClFNO2/c10-3-6(14)9(15)4-1-2-5(13)8(12)7(4)11/h1-2,6,9,14-15H,3,13H2. The van der Waals surface area contributed by atoms with Crippen molar-refractivity contribution in [3.63, 3.8) is 0 Å². The van der Waals surface area contributed by atoms with E-state index < -0.39 is 18.0 Å². The van der Waals surface area contributed by atoms with Crippen molar-refractivity contribution in [3.05, 3.63) is 28.5 Å². The fourth-order valence-electron chi connectivity index (χ4n) is 1.10. The highest BCUT2D eigenvalue weighted by Gasteiger charge is 2.22. The molecule has 1 rings (SSSR count). The molecule has 0 saturated heterocycles. The Morgan fingerprint density at radius 3 is 2.60 bits per heavy atom. The summed E-state index contributed by atoms with van der Waals surface area (Å²) in [6.45, 7) is 0. The predicted molar refractivity (Wildman–Crippen MR) is 60.6 cm³/mol. The van der Waals surface area contributed by atoms with Crippen LogP contribution in [0, 0.1) is 5.82 Å². The van der Waals surface area contributed by atoms with E-state index in [1.807, 2.05) is 0 Å². The molecule has 1 aromatic rings. The largest absolute Gasteiger partial charge is 0.396 e. The van der Waals surface area contributed by atoms with Crippen molar-refractivity contribution in [2.24, 2.45) is 0 Å². The van der Waals surface area contributed by atoms with Crippen LogP contribution in [0.25, 0.3) is 0 Å². The first-order valence-corrected chi connectivity index (χ1v) is 5.64. The number of hydrogen-bond acceptors (Lipinski definition) is 3. The van der Waals surface area contributed by atoms with E-state index in [1.165, 1.54) is 12.1 Å². The highest BCUT2D eigenvalue weighted by molar-refractivity contribution is 9.09. The first-order valence-electron chi connectivity index (χ1n) is 4.14. The molecule has 4 N–H and O–H groups in total. The average Bonchev–Trinajstić information content (AvgIpc) is 2.24. The van der Waals surface area contributed by atoms with Crippen molar-refractivity contribution in [1.82, 2.24) is 0 Å². The van der Waals surface area contributed by atoms with E-state index in [9.17, 15) is 14.6 Å². The van der Waals surface area contributed by atoms with Gasteiger partial charge in [0.15, 0.2) is 5.82 Å². The zero-order chi connectivity index (χ0) is 11.6. The molecule has 2 unspecified atom stereocenters. The van der Waals surface area contributed by atoms with Crippen molar-refractivity contribution in [2.75, 3.05) is 11.1 Å². The van der Waals surface area contributed by atoms with Crippen LogP contribution in [0.4, 0.5) is 10.1 Å². The highest BCUT2D eigenvalue weighted by Crippen LogP contribution is 2.30. The molecular weight excluding hydrogens is 288 g/mol. The van der Waals surface area contributed by atoms with Crippen LogP contribution in [0.15, 0.2) is 12.1 Å². The van der Waals surface area contributed by atoms with Gasteiger partial charge in [-0.25, -0.2) is 4.39 Å². The molecule has 0 fully saturated rings. The van der Waals surface area contributed by atoms with Crippen LogP contribution in [-0.4, -0.2) is 21.6 Å². The molecule has 1 aromatic carbocycles. The summed E-state index contributed by atoms with van der Waals surface area (Å²) in [5.74, 6) is -0.782. The number of benzene rings is 1. The van der Waals surface area contributed by atoms with E-state index in [0.29, 0.717) is 0 Å². The third-order valence-electron chi connectivity index (χ3n) is 1.98. The maximum absolute atomic E-state index is 13.3. The number of nitrogens with two attached hydrogens (primary N) is 1. The molecule has 0 aliphatic rings. The molecule has 0 aromatic heterocycles. The smallest absolute Gasteiger partial charge is 0.165 e. The highest BCUT2D eigenvalue weighted by atomic mass is 79.9. The Balaban J connectivity index is 3.10. The molecular formula is C9H10BrClFNO2. The number of halogens is 3. The van der Waals surface area contributed by atoms with Gasteiger partial charge in [0, 0.05) is 10.9 Å². The van der Waals surface area contributed by atoms with Crippen molar-refractivity contribution in [1.29, 1.82) is 0 Å². The van der Waals surface area contributed by atoms with E-state index in [-0.39, 0.29) is 21.6 Å². The average molecular weight is 299 g/mol. The van der Waals surface area contributed by atoms with Gasteiger partial charge in [-0.05, 0) is 6.07 Å². The predicted octanol–water partition coefficient (Wildman–Crippen LogP) is 1.85. The third-order valence-corrected chi connectivity index (χ3v) is 3.03. The first-order chi connectivity index (χ1) is 6.99. The molecule has 0 aliphatic carbocycles. The minimum absolute atomic E-state index is 0.0933. The molecule has 6 heteroatoms. The van der Waals surface area contributed by atoms with Gasteiger partial charge < -0.3 is 15.9 Å². The zero-order valence-corrected chi connectivity index (χ0v) is 9.96. The van der Waals surface area contributed by atoms with Crippen molar-refractivity contribution < 1.29 is 14.6 Å². The monoisotopic (exact) mass is 297 g/mol. The summed E-state index contributed by atoms with van der Waals surface area (Å²) < 4.78 is 13.3. The minimum Gasteiger partial charge on any atom is -0.396 e. The van der Waals surface area contributed by atoms with Crippen LogP contribution in [0.5, 0.6) is 0 Å². The Morgan fingerprint density at radius 2 is 2.07 bits per heavy atom. The van der Waals surface area contributed by atoms with E-state index in [4.69, 9.17) is 17.3 Å². The van der Waals surface area contributed by atoms with E-state index in [0.717, 1.165) is 0 Å². The van der Waals surface area contributed by atoms with Crippen LogP contribution in [-0.2, 0) is 0 Å². The summed E-state index contributed by atoms with van der Waals surface area (Å²) in [5.41, 5.74) is 5.31. The van der Waals surface area contributed by atoms with Gasteiger partial charge in [-0.1, -0.05) is 33.6 Å². The Hall–Kier alpha value is -0.360. The molecule has 0 saturated carbocycles. The van der Waals surface area contributed by atoms with Gasteiger partial charge in [-0.15, -0.1) is 0 Å². The molecule has 84 valence electrons. The Labute approximate surface area is 99.8 Å². The maximum Gasteiger partial charge on any atom is 0.165 e. The number of rotatable bonds is 3. The summed E-state index contributed by atoms with van der Waals surface area (Å²) in [6, 6.07) is 2.68. The van der Waals surface area contributed by atoms with Gasteiger partial charge in [-0.2, -0.15) is 0 Å². The van der Waals surface area contributed by atoms with Crippen LogP contribution < -0.4 is 5.73 Å². The lowest BCUT2D eigenvalue weighted by molar-refractivity contribution is 0.0342. The van der Waals surface area contributed by atoms with Gasteiger partial charge in [0.25, 0.3) is 0 Å². The number of aliphatic hydroxyl groups is 2. The molecule has 15 heavy (non-hydrogen) atoms. The Kier molecular flexibility index (Phi) is 4.33. The molecule has 3 nitrogen and oxygen atoms in total. The topological polar surface area (TPSA) is 66.5 Å². The lowest BCUT2D eigenvalue weighted by Gasteiger charge is -2.17. The summed E-state index contributed by atoms with van der Waals surface area (Å²) in [7, 11) is 0. The summed E-state index contributed by atoms with van der Waals surface area (Å²) in [5, 5.41) is 18.9. The van der Waals surface area contributed by atoms with Crippen LogP contribution >= 0.6 is 27.5 Å². The fourth-order valence-corrected chi connectivity index (χ4v) is 1.74. The fraction of sp³-hybridized carbons (Fsp3) is 0.333. The normalized spacial score (nSPS) is 15.0. The van der Waals surface area contributed by atoms with Gasteiger partial charge in [0.1, 0.15) is 6.10 Å². The summed E-state index contributed by atoms with van der Waals surface area (Å²) >= 11 is 8.65. The second kappa shape index (κ2) is 5.12. The first kappa shape index (κ1) is 12.7. The van der Waals surface area contributed by atoms with Crippen molar-refractivity contribution in [2.45, 2.75) is 12.2 Å². The van der Waals surface area contributed by atoms with Crippen LogP contribution in [0.2, 0.25) is 5.02 Å². The molecule has 0 aliphatic heterocycles. The van der Waals surface area contributed by atoms with Gasteiger partial charge in [0.05, 0.1) is 16.8 Å². The lowest BCUT2D eigenvalue weighted by Crippen LogP contribution is -2.20. The number of nitrogen functional groups attached to an aromatic ring is 1. The van der Waals surface area contributed by atoms with Gasteiger partial charge in [0.2, 0.25) is 0 Å². The third kappa shape index (κ3) is 2.60. The zero-order valence-electron chi connectivity index (χ0n) is 7.62. The molecule has 2 atom stereocenters. The van der Waals surface area contributed by atoms with Crippen molar-refractivity contribution in [3.8, 4) is 0 Å². The second-order valence-corrected chi connectivity index (χ2v) is 4.06. The molecule has 0 spiro atoms. The summed E-state index contributed by atoms with van der Waals surface area (Å²) in [6.07, 6.45) is -2.29. The molecule has 0 radical (unpaired) electrons. The number of anilines is 1. The quantitative estimate of drug-likeness (QED) is 0.589. The van der Waals surface area contributed by atoms with Gasteiger partial charge in [-0.3, -0.25) is 0 Å². The number of aliphatic hydroxyl groups excluding tert-OH is 2. The summed E-state index contributed by atoms with van der Waals surface area (Å²) in [4.78, 5) is 0. The Bertz CT molecular complexity index is 364. The van der Waals surface area contributed by atoms with Crippen LogP contribution in [0.3, 0.4) is 0 Å². The SMILES string of the molecule is Nc1ccc(C(O)C(O)CBr)c(Cl)c1F. The maximum atomic E-state index is 13.3.